The molecule has 0 fully saturated rings. The zero-order valence-corrected chi connectivity index (χ0v) is 12.2. The van der Waals surface area contributed by atoms with Crippen molar-refractivity contribution in [2.24, 2.45) is 0 Å². The first-order chi connectivity index (χ1) is 8.72. The topological polar surface area (TPSA) is 34.6 Å². The van der Waals surface area contributed by atoms with Crippen molar-refractivity contribution in [2.75, 3.05) is 45.4 Å². The van der Waals surface area contributed by atoms with E-state index in [0.717, 1.165) is 11.4 Å². The van der Waals surface area contributed by atoms with Crippen molar-refractivity contribution >= 4 is 29.0 Å². The second-order valence-electron chi connectivity index (χ2n) is 3.76. The largest absolute Gasteiger partial charge is 0.383 e. The fourth-order valence-corrected chi connectivity index (χ4v) is 1.96. The van der Waals surface area contributed by atoms with Crippen LogP contribution in [0.25, 0.3) is 0 Å². The molecular formula is C12H18Cl2N2O2. The zero-order valence-electron chi connectivity index (χ0n) is 10.7. The summed E-state index contributed by atoms with van der Waals surface area (Å²) in [6, 6.07) is 1.84. The van der Waals surface area contributed by atoms with Gasteiger partial charge in [-0.2, -0.15) is 0 Å². The van der Waals surface area contributed by atoms with Crippen LogP contribution in [-0.2, 0) is 15.4 Å². The average molecular weight is 293 g/mol. The maximum Gasteiger partial charge on any atom is 0.147 e. The molecule has 0 aromatic carbocycles. The van der Waals surface area contributed by atoms with Crippen LogP contribution in [0.4, 0.5) is 5.82 Å². The van der Waals surface area contributed by atoms with Gasteiger partial charge in [0.05, 0.1) is 18.2 Å². The second-order valence-corrected chi connectivity index (χ2v) is 4.43. The summed E-state index contributed by atoms with van der Waals surface area (Å²) in [5.74, 6) is 1.14. The molecule has 0 spiro atoms. The normalized spacial score (nSPS) is 10.7. The molecule has 4 nitrogen and oxygen atoms in total. The summed E-state index contributed by atoms with van der Waals surface area (Å²) in [7, 11) is 3.33. The highest BCUT2D eigenvalue weighted by molar-refractivity contribution is 6.33. The summed E-state index contributed by atoms with van der Waals surface area (Å²) in [6.45, 7) is 2.65. The van der Waals surface area contributed by atoms with Crippen LogP contribution in [0.3, 0.4) is 0 Å². The van der Waals surface area contributed by atoms with E-state index in [2.05, 4.69) is 4.98 Å². The number of aromatic nitrogens is 1. The lowest BCUT2D eigenvalue weighted by Crippen LogP contribution is -2.31. The Morgan fingerprint density at radius 2 is 1.83 bits per heavy atom. The molecule has 18 heavy (non-hydrogen) atoms. The van der Waals surface area contributed by atoms with Crippen molar-refractivity contribution in [3.8, 4) is 0 Å². The van der Waals surface area contributed by atoms with Crippen molar-refractivity contribution in [3.63, 3.8) is 0 Å². The van der Waals surface area contributed by atoms with Gasteiger partial charge in [0.2, 0.25) is 0 Å². The smallest absolute Gasteiger partial charge is 0.147 e. The SMILES string of the molecule is COCCN(CCOC)c1ncc(CCl)cc1Cl. The fourth-order valence-electron chi connectivity index (χ4n) is 1.50. The van der Waals surface area contributed by atoms with Gasteiger partial charge >= 0.3 is 0 Å². The number of nitrogens with zero attached hydrogens (tertiary/aromatic N) is 2. The van der Waals surface area contributed by atoms with Gasteiger partial charge in [0.1, 0.15) is 5.82 Å². The molecule has 1 aromatic heterocycles. The van der Waals surface area contributed by atoms with Crippen LogP contribution in [0, 0.1) is 0 Å². The van der Waals surface area contributed by atoms with Crippen molar-refractivity contribution in [1.29, 1.82) is 0 Å². The van der Waals surface area contributed by atoms with Gasteiger partial charge in [0.15, 0.2) is 0 Å². The summed E-state index contributed by atoms with van der Waals surface area (Å²) >= 11 is 12.0. The van der Waals surface area contributed by atoms with E-state index >= 15 is 0 Å². The number of anilines is 1. The van der Waals surface area contributed by atoms with Crippen molar-refractivity contribution in [2.45, 2.75) is 5.88 Å². The average Bonchev–Trinajstić information content (AvgIpc) is 2.39. The Bertz CT molecular complexity index is 356. The molecule has 0 unspecified atom stereocenters. The summed E-state index contributed by atoms with van der Waals surface area (Å²) in [4.78, 5) is 6.39. The zero-order chi connectivity index (χ0) is 13.4. The Balaban J connectivity index is 2.82. The van der Waals surface area contributed by atoms with Gasteiger partial charge < -0.3 is 14.4 Å². The Hall–Kier alpha value is -0.550. The van der Waals surface area contributed by atoms with Crippen LogP contribution in [-0.4, -0.2) is 45.5 Å². The highest BCUT2D eigenvalue weighted by Gasteiger charge is 2.12. The Kier molecular flexibility index (Phi) is 7.35. The minimum atomic E-state index is 0.406. The number of ether oxygens (including phenoxy) is 2. The van der Waals surface area contributed by atoms with E-state index in [-0.39, 0.29) is 0 Å². The third kappa shape index (κ3) is 4.61. The molecule has 0 saturated heterocycles. The van der Waals surface area contributed by atoms with Gasteiger partial charge in [-0.3, -0.25) is 0 Å². The molecule has 1 rings (SSSR count). The number of pyridine rings is 1. The molecule has 0 radical (unpaired) electrons. The number of halogens is 2. The number of rotatable bonds is 8. The van der Waals surface area contributed by atoms with Gasteiger partial charge in [-0.25, -0.2) is 4.98 Å². The van der Waals surface area contributed by atoms with Crippen molar-refractivity contribution in [1.82, 2.24) is 4.98 Å². The molecular weight excluding hydrogens is 275 g/mol. The summed E-state index contributed by atoms with van der Waals surface area (Å²) < 4.78 is 10.2. The van der Waals surface area contributed by atoms with Crippen LogP contribution in [0.15, 0.2) is 12.3 Å². The van der Waals surface area contributed by atoms with E-state index in [1.54, 1.807) is 20.4 Å². The van der Waals surface area contributed by atoms with Gasteiger partial charge in [0, 0.05) is 39.4 Å². The fraction of sp³-hybridized carbons (Fsp3) is 0.583. The molecule has 1 aromatic rings. The lowest BCUT2D eigenvalue weighted by atomic mass is 10.3. The first-order valence-electron chi connectivity index (χ1n) is 5.66. The molecule has 0 aliphatic rings. The predicted octanol–water partition coefficient (Wildman–Crippen LogP) is 2.57. The van der Waals surface area contributed by atoms with E-state index in [1.165, 1.54) is 0 Å². The lowest BCUT2D eigenvalue weighted by molar-refractivity contribution is 0.190. The third-order valence-electron chi connectivity index (χ3n) is 2.46. The summed E-state index contributed by atoms with van der Waals surface area (Å²) in [5, 5.41) is 0.598. The summed E-state index contributed by atoms with van der Waals surface area (Å²) in [6.07, 6.45) is 1.74. The van der Waals surface area contributed by atoms with Crippen LogP contribution in [0.1, 0.15) is 5.56 Å². The van der Waals surface area contributed by atoms with E-state index in [0.29, 0.717) is 37.2 Å². The molecule has 1 heterocycles. The Labute approximate surface area is 118 Å². The van der Waals surface area contributed by atoms with Crippen LogP contribution in [0.5, 0.6) is 0 Å². The van der Waals surface area contributed by atoms with Crippen LogP contribution < -0.4 is 4.90 Å². The van der Waals surface area contributed by atoms with E-state index in [1.807, 2.05) is 11.0 Å². The van der Waals surface area contributed by atoms with Crippen LogP contribution in [0.2, 0.25) is 5.02 Å². The lowest BCUT2D eigenvalue weighted by Gasteiger charge is -2.24. The second kappa shape index (κ2) is 8.53. The van der Waals surface area contributed by atoms with Gasteiger partial charge in [-0.15, -0.1) is 11.6 Å². The highest BCUT2D eigenvalue weighted by Crippen LogP contribution is 2.24. The van der Waals surface area contributed by atoms with E-state index in [4.69, 9.17) is 32.7 Å². The maximum absolute atomic E-state index is 6.22. The van der Waals surface area contributed by atoms with E-state index in [9.17, 15) is 0 Å². The molecule has 0 amide bonds. The minimum absolute atomic E-state index is 0.406. The molecule has 6 heteroatoms. The Morgan fingerprint density at radius 1 is 1.22 bits per heavy atom. The number of alkyl halides is 1. The molecule has 0 atom stereocenters. The molecule has 0 bridgehead atoms. The van der Waals surface area contributed by atoms with E-state index < -0.39 is 0 Å². The molecule has 0 N–H and O–H groups in total. The highest BCUT2D eigenvalue weighted by atomic mass is 35.5. The van der Waals surface area contributed by atoms with Crippen molar-refractivity contribution in [3.05, 3.63) is 22.8 Å². The minimum Gasteiger partial charge on any atom is -0.383 e. The van der Waals surface area contributed by atoms with Gasteiger partial charge in [0.25, 0.3) is 0 Å². The molecule has 0 saturated carbocycles. The van der Waals surface area contributed by atoms with Gasteiger partial charge in [-0.05, 0) is 11.6 Å². The standard InChI is InChI=1S/C12H18Cl2N2O2/c1-17-5-3-16(4-6-18-2)12-11(14)7-10(8-13)9-15-12/h7,9H,3-6,8H2,1-2H3. The number of hydrogen-bond donors (Lipinski definition) is 0. The first-order valence-corrected chi connectivity index (χ1v) is 6.57. The number of methoxy groups -OCH3 is 2. The van der Waals surface area contributed by atoms with Crippen LogP contribution >= 0.6 is 23.2 Å². The molecule has 102 valence electrons. The molecule has 0 aliphatic heterocycles. The molecule has 0 aliphatic carbocycles. The summed E-state index contributed by atoms with van der Waals surface area (Å²) in [5.41, 5.74) is 0.906. The Morgan fingerprint density at radius 3 is 2.28 bits per heavy atom. The predicted molar refractivity (Wildman–Crippen MR) is 74.8 cm³/mol. The number of hydrogen-bond acceptors (Lipinski definition) is 4. The maximum atomic E-state index is 6.22. The monoisotopic (exact) mass is 292 g/mol. The van der Waals surface area contributed by atoms with Crippen molar-refractivity contribution < 1.29 is 9.47 Å². The quantitative estimate of drug-likeness (QED) is 0.690. The third-order valence-corrected chi connectivity index (χ3v) is 3.05. The first kappa shape index (κ1) is 15.5. The van der Waals surface area contributed by atoms with Gasteiger partial charge in [-0.1, -0.05) is 11.6 Å².